The van der Waals surface area contributed by atoms with Crippen molar-refractivity contribution in [3.8, 4) is 0 Å². The monoisotopic (exact) mass is 403 g/mol. The Bertz CT molecular complexity index is 1010. The number of nitrogens with zero attached hydrogens (tertiary/aromatic N) is 3. The molecule has 0 bridgehead atoms. The van der Waals surface area contributed by atoms with Crippen molar-refractivity contribution in [1.29, 1.82) is 0 Å². The van der Waals surface area contributed by atoms with Gasteiger partial charge in [0.1, 0.15) is 17.5 Å². The minimum atomic E-state index is -0.279. The number of aryl methyl sites for hydroxylation is 1. The maximum absolute atomic E-state index is 12.8. The fourth-order valence-electron chi connectivity index (χ4n) is 2.77. The Kier molecular flexibility index (Phi) is 7.38. The van der Waals surface area contributed by atoms with E-state index in [9.17, 15) is 9.90 Å². The highest BCUT2D eigenvalue weighted by molar-refractivity contribution is 7.59. The molecule has 0 fully saturated rings. The van der Waals surface area contributed by atoms with Crippen molar-refractivity contribution in [3.05, 3.63) is 52.6 Å². The van der Waals surface area contributed by atoms with Gasteiger partial charge in [0.15, 0.2) is 0 Å². The molecule has 0 spiro atoms. The predicted octanol–water partition coefficient (Wildman–Crippen LogP) is 1.74. The summed E-state index contributed by atoms with van der Waals surface area (Å²) in [5.74, 6) is 1.56. The van der Waals surface area contributed by atoms with E-state index >= 15 is 0 Å². The summed E-state index contributed by atoms with van der Waals surface area (Å²) in [4.78, 5) is 21.6. The van der Waals surface area contributed by atoms with Crippen molar-refractivity contribution in [2.45, 2.75) is 26.4 Å². The molecule has 3 rings (SSSR count). The lowest BCUT2D eigenvalue weighted by molar-refractivity contribution is 0.274. The number of aliphatic hydroxyl groups excluding tert-OH is 2. The van der Waals surface area contributed by atoms with Crippen LogP contribution in [0, 0.1) is 6.92 Å². The van der Waals surface area contributed by atoms with Crippen LogP contribution in [0.2, 0.25) is 0 Å². The lowest BCUT2D eigenvalue weighted by atomic mass is 10.2. The van der Waals surface area contributed by atoms with E-state index in [1.165, 1.54) is 4.57 Å². The second-order valence-corrected chi connectivity index (χ2v) is 6.43. The number of hydrogen-bond acceptors (Lipinski definition) is 7. The first-order chi connectivity index (χ1) is 13.0. The van der Waals surface area contributed by atoms with Crippen LogP contribution in [0.5, 0.6) is 0 Å². The number of aromatic nitrogens is 3. The highest BCUT2D eigenvalue weighted by Crippen LogP contribution is 2.24. The molecule has 0 amide bonds. The van der Waals surface area contributed by atoms with Crippen LogP contribution in [0.1, 0.15) is 12.5 Å². The molecule has 4 N–H and O–H groups in total. The van der Waals surface area contributed by atoms with Crippen LogP contribution in [-0.2, 0) is 6.54 Å². The van der Waals surface area contributed by atoms with Crippen LogP contribution < -0.4 is 16.2 Å². The second kappa shape index (κ2) is 9.54. The van der Waals surface area contributed by atoms with E-state index in [0.717, 1.165) is 5.56 Å². The van der Waals surface area contributed by atoms with Gasteiger partial charge in [-0.15, -0.1) is 0 Å². The molecule has 8 nitrogen and oxygen atoms in total. The molecule has 28 heavy (non-hydrogen) atoms. The van der Waals surface area contributed by atoms with Gasteiger partial charge < -0.3 is 25.4 Å². The van der Waals surface area contributed by atoms with Gasteiger partial charge >= 0.3 is 0 Å². The van der Waals surface area contributed by atoms with Gasteiger partial charge in [-0.25, -0.2) is 9.97 Å². The third kappa shape index (κ3) is 4.80. The molecular formula is C19H25N5O3S. The maximum Gasteiger partial charge on any atom is 0.262 e. The van der Waals surface area contributed by atoms with Gasteiger partial charge in [0, 0.05) is 25.0 Å². The number of fused-ring (bicyclic) bond motifs is 1. The molecule has 0 aliphatic rings. The molecule has 0 aliphatic heterocycles. The summed E-state index contributed by atoms with van der Waals surface area (Å²) in [6.45, 7) is 3.74. The van der Waals surface area contributed by atoms with Crippen molar-refractivity contribution >= 4 is 41.7 Å². The Morgan fingerprint density at radius 3 is 2.68 bits per heavy atom. The fraction of sp³-hybridized carbons (Fsp3) is 0.316. The van der Waals surface area contributed by atoms with Gasteiger partial charge in [-0.3, -0.25) is 4.79 Å². The zero-order chi connectivity index (χ0) is 19.4. The number of rotatable bonds is 7. The van der Waals surface area contributed by atoms with E-state index in [4.69, 9.17) is 5.11 Å². The molecule has 0 saturated heterocycles. The first kappa shape index (κ1) is 21.7. The molecular weight excluding hydrogens is 378 g/mol. The van der Waals surface area contributed by atoms with Gasteiger partial charge in [-0.2, -0.15) is 13.5 Å². The zero-order valence-electron chi connectivity index (χ0n) is 15.8. The predicted molar refractivity (Wildman–Crippen MR) is 116 cm³/mol. The molecule has 3 aromatic heterocycles. The molecule has 0 unspecified atom stereocenters. The third-order valence-corrected chi connectivity index (χ3v) is 4.13. The normalized spacial score (nSPS) is 11.7. The Morgan fingerprint density at radius 2 is 2.00 bits per heavy atom. The second-order valence-electron chi connectivity index (χ2n) is 6.43. The molecule has 0 aromatic carbocycles. The smallest absolute Gasteiger partial charge is 0.262 e. The molecule has 0 saturated carbocycles. The highest BCUT2D eigenvalue weighted by Gasteiger charge is 2.14. The number of nitrogens with one attached hydrogen (secondary N) is 2. The van der Waals surface area contributed by atoms with Gasteiger partial charge in [0.05, 0.1) is 18.6 Å². The first-order valence-electron chi connectivity index (χ1n) is 8.74. The Balaban J connectivity index is 0.00000280. The van der Waals surface area contributed by atoms with E-state index in [-0.39, 0.29) is 44.9 Å². The lowest BCUT2D eigenvalue weighted by Gasteiger charge is -2.16. The van der Waals surface area contributed by atoms with Crippen LogP contribution in [0.15, 0.2) is 41.5 Å². The van der Waals surface area contributed by atoms with Gasteiger partial charge in [-0.1, -0.05) is 0 Å². The van der Waals surface area contributed by atoms with E-state index in [1.54, 1.807) is 31.5 Å². The maximum atomic E-state index is 12.8. The average Bonchev–Trinajstić information content (AvgIpc) is 2.64. The summed E-state index contributed by atoms with van der Waals surface area (Å²) in [5.41, 5.74) is 0.814. The van der Waals surface area contributed by atoms with Crippen molar-refractivity contribution < 1.29 is 10.2 Å². The summed E-state index contributed by atoms with van der Waals surface area (Å²) >= 11 is 0. The van der Waals surface area contributed by atoms with E-state index in [1.807, 2.05) is 19.1 Å². The fourth-order valence-corrected chi connectivity index (χ4v) is 2.77. The summed E-state index contributed by atoms with van der Waals surface area (Å²) in [6, 6.07) is 7.10. The van der Waals surface area contributed by atoms with E-state index < -0.39 is 0 Å². The van der Waals surface area contributed by atoms with Crippen molar-refractivity contribution in [1.82, 2.24) is 14.5 Å². The highest BCUT2D eigenvalue weighted by atomic mass is 32.1. The summed E-state index contributed by atoms with van der Waals surface area (Å²) in [7, 11) is 0. The Hall–Kier alpha value is -2.62. The zero-order valence-corrected chi connectivity index (χ0v) is 16.8. The largest absolute Gasteiger partial charge is 0.395 e. The van der Waals surface area contributed by atoms with Crippen molar-refractivity contribution in [3.63, 3.8) is 0 Å². The van der Waals surface area contributed by atoms with Crippen LogP contribution >= 0.6 is 13.5 Å². The quantitative estimate of drug-likeness (QED) is 0.475. The number of anilines is 3. The first-order valence-corrected chi connectivity index (χ1v) is 8.74. The number of pyridine rings is 3. The van der Waals surface area contributed by atoms with E-state index in [2.05, 4.69) is 20.6 Å². The molecule has 3 heterocycles. The third-order valence-electron chi connectivity index (χ3n) is 4.13. The lowest BCUT2D eigenvalue weighted by Crippen LogP contribution is -2.25. The average molecular weight is 404 g/mol. The van der Waals surface area contributed by atoms with Gasteiger partial charge in [0.25, 0.3) is 5.56 Å². The molecule has 0 radical (unpaired) electrons. The van der Waals surface area contributed by atoms with Gasteiger partial charge in [-0.05, 0) is 49.1 Å². The summed E-state index contributed by atoms with van der Waals surface area (Å²) in [6.07, 6.45) is 3.36. The van der Waals surface area contributed by atoms with Crippen LogP contribution in [0.4, 0.5) is 17.5 Å². The topological polar surface area (TPSA) is 112 Å². The molecule has 150 valence electrons. The molecule has 9 heteroatoms. The minimum absolute atomic E-state index is 0. The Labute approximate surface area is 169 Å². The summed E-state index contributed by atoms with van der Waals surface area (Å²) < 4.78 is 1.44. The van der Waals surface area contributed by atoms with Crippen molar-refractivity contribution in [2.75, 3.05) is 23.8 Å². The number of hydrogen-bond donors (Lipinski definition) is 4. The molecule has 0 aliphatic carbocycles. The Morgan fingerprint density at radius 1 is 1.21 bits per heavy atom. The minimum Gasteiger partial charge on any atom is -0.395 e. The number of aliphatic hydroxyl groups is 2. The van der Waals surface area contributed by atoms with Crippen LogP contribution in [0.3, 0.4) is 0 Å². The van der Waals surface area contributed by atoms with Crippen LogP contribution in [0.25, 0.3) is 10.8 Å². The molecule has 1 atom stereocenters. The SMILES string of the molecule is Cc1ccnc(Nc2cc3ccn(CCO)c(=O)c3c(N[C@@H](C)CO)n2)c1.S. The van der Waals surface area contributed by atoms with Gasteiger partial charge in [0.2, 0.25) is 0 Å². The standard InChI is InChI=1S/C19H23N5O3.H2S/c1-12-3-5-20-15(9-12)22-16-10-14-4-6-24(7-8-25)19(27)17(14)18(23-16)21-13(2)11-26;/h3-6,9-10,13,25-26H,7-8,11H2,1-2H3,(H2,20,21,22,23);1H2/t13-;/m0./s1. The van der Waals surface area contributed by atoms with Crippen LogP contribution in [-0.4, -0.2) is 44.0 Å². The summed E-state index contributed by atoms with van der Waals surface area (Å²) in [5, 5.41) is 25.9. The van der Waals surface area contributed by atoms with Crippen molar-refractivity contribution in [2.24, 2.45) is 0 Å². The molecule has 3 aromatic rings. The van der Waals surface area contributed by atoms with E-state index in [0.29, 0.717) is 28.2 Å².